The lowest BCUT2D eigenvalue weighted by Crippen LogP contribution is -2.69. The second kappa shape index (κ2) is 21.2. The van der Waals surface area contributed by atoms with Gasteiger partial charge in [-0.3, -0.25) is 15.4 Å². The summed E-state index contributed by atoms with van der Waals surface area (Å²) in [5, 5.41) is 38.7. The molecule has 0 radical (unpaired) electrons. The molecule has 3 N–H and O–H groups in total. The van der Waals surface area contributed by atoms with Gasteiger partial charge in [0.05, 0.1) is 43.1 Å². The Kier molecular flexibility index (Phi) is 15.8. The summed E-state index contributed by atoms with van der Waals surface area (Å²) < 4.78 is 36.6. The second-order valence-corrected chi connectivity index (χ2v) is 17.3. The summed E-state index contributed by atoms with van der Waals surface area (Å²) in [6.07, 6.45) is 6.42. The molecule has 1 fully saturated rings. The first-order valence-electron chi connectivity index (χ1n) is 21.8. The number of nitro groups is 1. The van der Waals surface area contributed by atoms with Gasteiger partial charge in [-0.05, 0) is 106 Å². The van der Waals surface area contributed by atoms with Gasteiger partial charge >= 0.3 is 12.2 Å². The van der Waals surface area contributed by atoms with Crippen LogP contribution in [0, 0.1) is 27.9 Å². The van der Waals surface area contributed by atoms with Gasteiger partial charge in [0.1, 0.15) is 40.4 Å². The van der Waals surface area contributed by atoms with E-state index < -0.39 is 46.4 Å². The third kappa shape index (κ3) is 11.0. The lowest BCUT2D eigenvalue weighted by atomic mass is 9.55. The van der Waals surface area contributed by atoms with Gasteiger partial charge < -0.3 is 48.4 Å². The number of nitrogens with one attached hydrogen (secondary N) is 1. The molecule has 17 nitrogen and oxygen atoms in total. The Morgan fingerprint density at radius 1 is 0.969 bits per heavy atom. The number of methoxy groups -OCH3 is 2. The molecule has 17 heteroatoms. The van der Waals surface area contributed by atoms with Gasteiger partial charge in [-0.25, -0.2) is 9.59 Å². The highest BCUT2D eigenvalue weighted by molar-refractivity contribution is 6.03. The van der Waals surface area contributed by atoms with Gasteiger partial charge in [-0.2, -0.15) is 0 Å². The first kappa shape index (κ1) is 48.3. The monoisotopic (exact) mass is 900 g/mol. The maximum Gasteiger partial charge on any atom is 0.417 e. The molecule has 6 rings (SSSR count). The lowest BCUT2D eigenvalue weighted by molar-refractivity contribution is -0.384. The highest BCUT2D eigenvalue weighted by Crippen LogP contribution is 2.62. The topological polar surface area (TPSA) is 210 Å². The van der Waals surface area contributed by atoms with Crippen molar-refractivity contribution in [3.63, 3.8) is 0 Å². The Hall–Kier alpha value is -6.17. The Bertz CT molecular complexity index is 2240. The number of allylic oxidation sites excluding steroid dienone is 1. The molecule has 6 unspecified atom stereocenters. The first-order valence-corrected chi connectivity index (χ1v) is 21.8. The molecule has 1 aliphatic heterocycles. The largest absolute Gasteiger partial charge is 0.497 e. The first-order chi connectivity index (χ1) is 31.2. The smallest absolute Gasteiger partial charge is 0.417 e. The van der Waals surface area contributed by atoms with Crippen molar-refractivity contribution in [2.75, 3.05) is 46.4 Å². The summed E-state index contributed by atoms with van der Waals surface area (Å²) in [4.78, 5) is 46.2. The van der Waals surface area contributed by atoms with Crippen molar-refractivity contribution in [1.29, 1.82) is 0 Å². The van der Waals surface area contributed by atoms with E-state index >= 15 is 0 Å². The Balaban J connectivity index is 1.50. The number of aliphatic hydroxyl groups is 2. The zero-order valence-corrected chi connectivity index (χ0v) is 37.8. The molecule has 0 bridgehead atoms. The summed E-state index contributed by atoms with van der Waals surface area (Å²) >= 11 is 0. The summed E-state index contributed by atoms with van der Waals surface area (Å²) in [6, 6.07) is 14.4. The molecule has 0 spiro atoms. The number of hydrogen-bond donors (Lipinski definition) is 3. The lowest BCUT2D eigenvalue weighted by Gasteiger charge is -2.59. The van der Waals surface area contributed by atoms with Gasteiger partial charge in [0.15, 0.2) is 0 Å². The third-order valence-electron chi connectivity index (χ3n) is 11.9. The van der Waals surface area contributed by atoms with Gasteiger partial charge in [-0.1, -0.05) is 30.1 Å². The summed E-state index contributed by atoms with van der Waals surface area (Å²) in [6.45, 7) is 9.70. The molecule has 2 aliphatic carbocycles. The summed E-state index contributed by atoms with van der Waals surface area (Å²) in [5.41, 5.74) is 1.64. The maximum atomic E-state index is 14.3. The van der Waals surface area contributed by atoms with Crippen LogP contribution in [0.4, 0.5) is 21.0 Å². The number of nitro benzene ring substituents is 1. The maximum absolute atomic E-state index is 14.3. The zero-order valence-electron chi connectivity index (χ0n) is 37.8. The highest BCUT2D eigenvalue weighted by atomic mass is 16.7. The predicted molar refractivity (Wildman–Crippen MR) is 242 cm³/mol. The molecule has 350 valence electrons. The number of unbranched alkanes of at least 4 members (excludes halogenated alkanes) is 2. The van der Waals surface area contributed by atoms with E-state index in [0.717, 1.165) is 24.0 Å². The number of aliphatic hydroxyl groups excluding tert-OH is 2. The number of ether oxygens (including phenoxy) is 6. The number of anilines is 1. The SMILES string of the molecule is C=CCOC12Oc3ccc(OC(=O)Nc4ccc(OC)cc4OC)cc3C3C(CCCCO)C(CCCCO)C=C(C(=NOC(C)(C)C)CC1N(C)C(=O)Oc1ccc([N+](=O)[O-])cc1)C32. The molecular formula is C48H60N4O13. The fourth-order valence-corrected chi connectivity index (χ4v) is 9.06. The number of oxime groups is 1. The number of carbonyl (C=O) groups is 2. The molecular weight excluding hydrogens is 841 g/mol. The van der Waals surface area contributed by atoms with E-state index in [1.165, 1.54) is 43.4 Å². The van der Waals surface area contributed by atoms with E-state index in [4.69, 9.17) is 38.4 Å². The number of amides is 2. The Morgan fingerprint density at radius 3 is 2.31 bits per heavy atom. The van der Waals surface area contributed by atoms with Crippen molar-refractivity contribution in [3.8, 4) is 28.7 Å². The van der Waals surface area contributed by atoms with Crippen molar-refractivity contribution < 1.29 is 58.0 Å². The molecule has 3 aromatic carbocycles. The molecule has 3 aromatic rings. The van der Waals surface area contributed by atoms with E-state index in [1.54, 1.807) is 49.5 Å². The van der Waals surface area contributed by atoms with Crippen molar-refractivity contribution in [3.05, 3.63) is 101 Å². The van der Waals surface area contributed by atoms with Crippen LogP contribution in [-0.2, 0) is 9.57 Å². The summed E-state index contributed by atoms with van der Waals surface area (Å²) in [5.74, 6) is -1.10. The number of carbonyl (C=O) groups excluding carboxylic acids is 2. The average Bonchev–Trinajstić information content (AvgIpc) is 3.28. The van der Waals surface area contributed by atoms with Crippen LogP contribution in [-0.4, -0.2) is 96.5 Å². The number of non-ortho nitro benzene ring substituents is 1. The van der Waals surface area contributed by atoms with E-state index in [0.29, 0.717) is 54.3 Å². The van der Waals surface area contributed by atoms with Gasteiger partial charge in [0, 0.05) is 56.4 Å². The second-order valence-electron chi connectivity index (χ2n) is 17.3. The van der Waals surface area contributed by atoms with Gasteiger partial charge in [0.25, 0.3) is 5.69 Å². The van der Waals surface area contributed by atoms with Crippen LogP contribution in [0.25, 0.3) is 0 Å². The number of nitrogens with zero attached hydrogens (tertiary/aromatic N) is 3. The van der Waals surface area contributed by atoms with Crippen molar-refractivity contribution in [2.45, 2.75) is 89.1 Å². The van der Waals surface area contributed by atoms with Crippen LogP contribution in [0.15, 0.2) is 90.1 Å². The predicted octanol–water partition coefficient (Wildman–Crippen LogP) is 8.79. The minimum atomic E-state index is -1.59. The normalized spacial score (nSPS) is 22.6. The van der Waals surface area contributed by atoms with Crippen LogP contribution >= 0.6 is 0 Å². The van der Waals surface area contributed by atoms with E-state index in [9.17, 15) is 29.9 Å². The van der Waals surface area contributed by atoms with Crippen LogP contribution in [0.1, 0.15) is 77.2 Å². The zero-order chi connectivity index (χ0) is 46.9. The molecule has 3 aliphatic rings. The highest BCUT2D eigenvalue weighted by Gasteiger charge is 2.65. The molecule has 0 aromatic heterocycles. The molecule has 0 saturated heterocycles. The Labute approximate surface area is 379 Å². The molecule has 2 amide bonds. The number of hydrogen-bond acceptors (Lipinski definition) is 14. The van der Waals surface area contributed by atoms with E-state index in [-0.39, 0.29) is 55.3 Å². The third-order valence-corrected chi connectivity index (χ3v) is 11.9. The van der Waals surface area contributed by atoms with Gasteiger partial charge in [0.2, 0.25) is 5.79 Å². The van der Waals surface area contributed by atoms with Crippen LogP contribution < -0.4 is 29.0 Å². The number of likely N-dealkylation sites (N-methyl/N-ethyl adjacent to an activating group) is 1. The minimum absolute atomic E-state index is 0.0138. The number of benzene rings is 3. The average molecular weight is 901 g/mol. The summed E-state index contributed by atoms with van der Waals surface area (Å²) in [7, 11) is 4.59. The van der Waals surface area contributed by atoms with Gasteiger partial charge in [-0.15, -0.1) is 6.58 Å². The van der Waals surface area contributed by atoms with Crippen molar-refractivity contribution in [1.82, 2.24) is 4.90 Å². The molecule has 1 heterocycles. The van der Waals surface area contributed by atoms with E-state index in [1.807, 2.05) is 20.8 Å². The molecule has 1 saturated carbocycles. The molecule has 65 heavy (non-hydrogen) atoms. The number of rotatable bonds is 19. The van der Waals surface area contributed by atoms with Crippen LogP contribution in [0.3, 0.4) is 0 Å². The van der Waals surface area contributed by atoms with Crippen molar-refractivity contribution >= 4 is 29.3 Å². The van der Waals surface area contributed by atoms with E-state index in [2.05, 4.69) is 18.0 Å². The fourth-order valence-electron chi connectivity index (χ4n) is 9.06. The Morgan fingerprint density at radius 2 is 1.66 bits per heavy atom. The van der Waals surface area contributed by atoms with Crippen LogP contribution in [0.2, 0.25) is 0 Å². The van der Waals surface area contributed by atoms with Crippen molar-refractivity contribution in [2.24, 2.45) is 22.9 Å². The standard InChI is InChI=1S/C48H60N4O13/c1-8-25-61-48-42(51(5)46(56)63-32-17-15-31(16-18-32)52(57)58)29-39(50-65-47(2,3)4)36-26-30(13-9-11-23-53)35(14-10-12-24-54)43(44(36)48)37-27-34(20-22-40(37)64-48)62-45(55)49-38-21-19-33(59-6)28-41(38)60-7/h8,15-22,26-28,30,35,42-44,53-54H,1,9-14,23-25,29H2,2-7H3,(H,49,55). The minimum Gasteiger partial charge on any atom is -0.497 e. The molecule has 6 atom stereocenters. The quantitative estimate of drug-likeness (QED) is 0.0445. The fraction of sp³-hybridized carbons (Fsp3) is 0.479. The number of fused-ring (bicyclic) bond motifs is 2. The van der Waals surface area contributed by atoms with Crippen LogP contribution in [0.5, 0.6) is 28.7 Å².